The summed E-state index contributed by atoms with van der Waals surface area (Å²) in [6.45, 7) is 2.68. The number of hydrogen-bond acceptors (Lipinski definition) is 5. The van der Waals surface area contributed by atoms with E-state index in [0.29, 0.717) is 37.2 Å². The van der Waals surface area contributed by atoms with E-state index in [1.165, 1.54) is 11.6 Å². The first-order valence-corrected chi connectivity index (χ1v) is 12.9. The van der Waals surface area contributed by atoms with Crippen molar-refractivity contribution in [2.24, 2.45) is 0 Å². The fraction of sp³-hybridized carbons (Fsp3) is 0.300. The molecule has 3 heterocycles. The third-order valence-electron chi connectivity index (χ3n) is 7.76. The van der Waals surface area contributed by atoms with Crippen molar-refractivity contribution in [3.63, 3.8) is 0 Å². The number of nitro benzene ring substituents is 1. The molecule has 0 N–H and O–H groups in total. The summed E-state index contributed by atoms with van der Waals surface area (Å²) in [6, 6.07) is 21.4. The van der Waals surface area contributed by atoms with Gasteiger partial charge in [-0.05, 0) is 54.3 Å². The van der Waals surface area contributed by atoms with Crippen LogP contribution in [0.15, 0.2) is 72.8 Å². The molecule has 2 fully saturated rings. The minimum atomic E-state index is -0.441. The molecule has 3 aromatic carbocycles. The molecule has 2 saturated heterocycles. The van der Waals surface area contributed by atoms with E-state index in [1.54, 1.807) is 17.0 Å². The van der Waals surface area contributed by atoms with Crippen LogP contribution in [-0.2, 0) is 0 Å². The quantitative estimate of drug-likeness (QED) is 0.331. The zero-order valence-electron chi connectivity index (χ0n) is 20.6. The van der Waals surface area contributed by atoms with Crippen LogP contribution >= 0.6 is 0 Å². The Kier molecular flexibility index (Phi) is 5.91. The van der Waals surface area contributed by atoms with E-state index < -0.39 is 5.60 Å². The molecular formula is C30H29N3O4. The van der Waals surface area contributed by atoms with Crippen molar-refractivity contribution in [2.45, 2.75) is 31.3 Å². The fourth-order valence-corrected chi connectivity index (χ4v) is 5.64. The molecule has 6 rings (SSSR count). The van der Waals surface area contributed by atoms with Crippen LogP contribution in [0.3, 0.4) is 0 Å². The predicted octanol–water partition coefficient (Wildman–Crippen LogP) is 5.94. The maximum atomic E-state index is 13.3. The zero-order valence-corrected chi connectivity index (χ0v) is 20.6. The molecule has 188 valence electrons. The van der Waals surface area contributed by atoms with Gasteiger partial charge in [0, 0.05) is 56.2 Å². The van der Waals surface area contributed by atoms with Gasteiger partial charge >= 0.3 is 0 Å². The average Bonchev–Trinajstić information content (AvgIpc) is 3.48. The smallest absolute Gasteiger partial charge is 0.293 e. The highest BCUT2D eigenvalue weighted by molar-refractivity contribution is 5.96. The van der Waals surface area contributed by atoms with Gasteiger partial charge in [-0.2, -0.15) is 0 Å². The minimum absolute atomic E-state index is 0.00579. The van der Waals surface area contributed by atoms with E-state index in [1.807, 2.05) is 29.2 Å². The summed E-state index contributed by atoms with van der Waals surface area (Å²) < 4.78 is 6.49. The standard InChI is InChI=1S/C30H29N3O4/c34-29(25-8-10-26(27(21-25)33(35)36)31-16-4-5-17-31)32-18-14-30(15-19-32)13-12-24-20-23(9-11-28(24)37-30)22-6-2-1-3-7-22/h1-3,6-13,20-21H,4-5,14-19H2. The first kappa shape index (κ1) is 23.3. The number of carbonyl (C=O) groups is 1. The van der Waals surface area contributed by atoms with Crippen molar-refractivity contribution in [3.05, 3.63) is 94.0 Å². The van der Waals surface area contributed by atoms with Crippen LogP contribution in [0.2, 0.25) is 0 Å². The first-order chi connectivity index (χ1) is 18.0. The molecule has 0 radical (unpaired) electrons. The van der Waals surface area contributed by atoms with Gasteiger partial charge in [0.25, 0.3) is 11.6 Å². The highest BCUT2D eigenvalue weighted by atomic mass is 16.6. The Morgan fingerprint density at radius 3 is 2.38 bits per heavy atom. The van der Waals surface area contributed by atoms with Crippen molar-refractivity contribution < 1.29 is 14.5 Å². The number of nitrogens with zero attached hydrogens (tertiary/aromatic N) is 3. The number of hydrogen-bond donors (Lipinski definition) is 0. The molecule has 3 aliphatic heterocycles. The van der Waals surface area contributed by atoms with Gasteiger partial charge in [0.05, 0.1) is 4.92 Å². The van der Waals surface area contributed by atoms with Crippen molar-refractivity contribution in [1.82, 2.24) is 4.90 Å². The highest BCUT2D eigenvalue weighted by Crippen LogP contribution is 2.39. The number of rotatable bonds is 4. The van der Waals surface area contributed by atoms with Crippen LogP contribution in [0.1, 0.15) is 41.6 Å². The van der Waals surface area contributed by atoms with Crippen molar-refractivity contribution in [2.75, 3.05) is 31.1 Å². The van der Waals surface area contributed by atoms with Gasteiger partial charge in [-0.15, -0.1) is 0 Å². The summed E-state index contributed by atoms with van der Waals surface area (Å²) in [5.41, 5.74) is 3.90. The van der Waals surface area contributed by atoms with Crippen LogP contribution in [0, 0.1) is 10.1 Å². The SMILES string of the molecule is O=C(c1ccc(N2CCCC2)c([N+](=O)[O-])c1)N1CCC2(C=Cc3cc(-c4ccccc4)ccc3O2)CC1. The second-order valence-corrected chi connectivity index (χ2v) is 10.1. The lowest BCUT2D eigenvalue weighted by Crippen LogP contribution is -2.49. The summed E-state index contributed by atoms with van der Waals surface area (Å²) in [7, 11) is 0. The molecule has 7 heteroatoms. The molecule has 1 spiro atoms. The minimum Gasteiger partial charge on any atom is -0.482 e. The summed E-state index contributed by atoms with van der Waals surface area (Å²) >= 11 is 0. The third kappa shape index (κ3) is 4.46. The number of anilines is 1. The van der Waals surface area contributed by atoms with E-state index in [9.17, 15) is 14.9 Å². The zero-order chi connectivity index (χ0) is 25.4. The molecular weight excluding hydrogens is 466 g/mol. The summed E-state index contributed by atoms with van der Waals surface area (Å²) in [4.78, 5) is 28.5. The third-order valence-corrected chi connectivity index (χ3v) is 7.76. The molecule has 0 aromatic heterocycles. The Morgan fingerprint density at radius 1 is 0.892 bits per heavy atom. The number of carbonyl (C=O) groups excluding carboxylic acids is 1. The second kappa shape index (κ2) is 9.39. The number of fused-ring (bicyclic) bond motifs is 1. The van der Waals surface area contributed by atoms with Crippen LogP contribution in [0.5, 0.6) is 5.75 Å². The van der Waals surface area contributed by atoms with E-state index in [2.05, 4.69) is 36.4 Å². The van der Waals surface area contributed by atoms with Gasteiger partial charge in [-0.3, -0.25) is 14.9 Å². The number of amides is 1. The fourth-order valence-electron chi connectivity index (χ4n) is 5.64. The summed E-state index contributed by atoms with van der Waals surface area (Å²) in [5.74, 6) is 0.689. The van der Waals surface area contributed by atoms with Gasteiger partial charge in [0.2, 0.25) is 0 Å². The van der Waals surface area contributed by atoms with E-state index in [-0.39, 0.29) is 16.5 Å². The lowest BCUT2D eigenvalue weighted by Gasteiger charge is -2.42. The number of nitro groups is 1. The summed E-state index contributed by atoms with van der Waals surface area (Å²) in [6.07, 6.45) is 7.65. The predicted molar refractivity (Wildman–Crippen MR) is 144 cm³/mol. The maximum Gasteiger partial charge on any atom is 0.293 e. The molecule has 3 aromatic rings. The first-order valence-electron chi connectivity index (χ1n) is 12.9. The van der Waals surface area contributed by atoms with E-state index in [0.717, 1.165) is 42.8 Å². The topological polar surface area (TPSA) is 75.9 Å². The van der Waals surface area contributed by atoms with Crippen molar-refractivity contribution in [1.29, 1.82) is 0 Å². The molecule has 3 aliphatic rings. The number of piperidine rings is 1. The lowest BCUT2D eigenvalue weighted by molar-refractivity contribution is -0.384. The molecule has 0 atom stereocenters. The van der Waals surface area contributed by atoms with Gasteiger partial charge in [0.15, 0.2) is 0 Å². The normalized spacial score (nSPS) is 17.9. The van der Waals surface area contributed by atoms with Crippen LogP contribution in [-0.4, -0.2) is 47.5 Å². The Balaban J connectivity index is 1.15. The lowest BCUT2D eigenvalue weighted by atomic mass is 9.87. The highest BCUT2D eigenvalue weighted by Gasteiger charge is 2.38. The molecule has 0 aliphatic carbocycles. The molecule has 0 bridgehead atoms. The van der Waals surface area contributed by atoms with Crippen LogP contribution < -0.4 is 9.64 Å². The summed E-state index contributed by atoms with van der Waals surface area (Å²) in [5, 5.41) is 11.8. The van der Waals surface area contributed by atoms with Gasteiger partial charge in [-0.1, -0.05) is 42.5 Å². The maximum absolute atomic E-state index is 13.3. The molecule has 1 amide bonds. The Hall–Kier alpha value is -4.13. The molecule has 0 unspecified atom stereocenters. The molecule has 0 saturated carbocycles. The molecule has 7 nitrogen and oxygen atoms in total. The van der Waals surface area contributed by atoms with Crippen molar-refractivity contribution >= 4 is 23.4 Å². The van der Waals surface area contributed by atoms with Gasteiger partial charge in [0.1, 0.15) is 17.0 Å². The number of ether oxygens (including phenoxy) is 1. The average molecular weight is 496 g/mol. The van der Waals surface area contributed by atoms with Gasteiger partial charge in [-0.25, -0.2) is 0 Å². The monoisotopic (exact) mass is 495 g/mol. The van der Waals surface area contributed by atoms with Crippen molar-refractivity contribution in [3.8, 4) is 16.9 Å². The van der Waals surface area contributed by atoms with Gasteiger partial charge < -0.3 is 14.5 Å². The van der Waals surface area contributed by atoms with Crippen LogP contribution in [0.25, 0.3) is 17.2 Å². The van der Waals surface area contributed by atoms with E-state index in [4.69, 9.17) is 4.74 Å². The van der Waals surface area contributed by atoms with Crippen LogP contribution in [0.4, 0.5) is 11.4 Å². The largest absolute Gasteiger partial charge is 0.482 e. The Morgan fingerprint density at radius 2 is 1.65 bits per heavy atom. The van der Waals surface area contributed by atoms with E-state index >= 15 is 0 Å². The Labute approximate surface area is 216 Å². The molecule has 37 heavy (non-hydrogen) atoms. The number of likely N-dealkylation sites (tertiary alicyclic amines) is 1. The second-order valence-electron chi connectivity index (χ2n) is 10.1. The number of benzene rings is 3. The Bertz CT molecular complexity index is 1370.